The van der Waals surface area contributed by atoms with E-state index in [1.165, 1.54) is 8.66 Å². The van der Waals surface area contributed by atoms with E-state index in [1.54, 1.807) is 11.3 Å². The predicted molar refractivity (Wildman–Crippen MR) is 59.2 cm³/mol. The number of thiophene rings is 1. The van der Waals surface area contributed by atoms with Crippen molar-refractivity contribution in [3.8, 4) is 0 Å². The lowest BCUT2D eigenvalue weighted by molar-refractivity contribution is 0.878. The van der Waals surface area contributed by atoms with Gasteiger partial charge in [-0.1, -0.05) is 0 Å². The molecule has 0 aromatic carbocycles. The van der Waals surface area contributed by atoms with Crippen LogP contribution in [0.4, 0.5) is 0 Å². The first-order valence-corrected chi connectivity index (χ1v) is 5.72. The van der Waals surface area contributed by atoms with Crippen molar-refractivity contribution in [1.29, 1.82) is 0 Å². The highest BCUT2D eigenvalue weighted by Gasteiger charge is 2.04. The molecule has 0 bridgehead atoms. The zero-order valence-corrected chi connectivity index (χ0v) is 9.41. The SMILES string of the molecule is Brc1ccc(CNC2=NCCN2)s1. The monoisotopic (exact) mass is 259 g/mol. The molecule has 0 spiro atoms. The highest BCUT2D eigenvalue weighted by atomic mass is 79.9. The van der Waals surface area contributed by atoms with E-state index in [1.807, 2.05) is 0 Å². The molecule has 0 atom stereocenters. The maximum Gasteiger partial charge on any atom is 0.191 e. The number of halogens is 1. The largest absolute Gasteiger partial charge is 0.355 e. The standard InChI is InChI=1S/C8H10BrN3S/c9-7-2-1-6(13-7)5-12-8-10-3-4-11-8/h1-2H,3-5H2,(H2,10,11,12). The van der Waals surface area contributed by atoms with Gasteiger partial charge in [-0.25, -0.2) is 0 Å². The van der Waals surface area contributed by atoms with Crippen LogP contribution in [-0.2, 0) is 6.54 Å². The molecular formula is C8H10BrN3S. The Balaban J connectivity index is 1.85. The zero-order chi connectivity index (χ0) is 9.10. The fraction of sp³-hybridized carbons (Fsp3) is 0.375. The highest BCUT2D eigenvalue weighted by molar-refractivity contribution is 9.11. The first-order valence-electron chi connectivity index (χ1n) is 4.11. The second-order valence-corrected chi connectivity index (χ2v) is 5.26. The molecule has 1 aliphatic rings. The Morgan fingerprint density at radius 2 is 2.54 bits per heavy atom. The smallest absolute Gasteiger partial charge is 0.191 e. The summed E-state index contributed by atoms with van der Waals surface area (Å²) in [5.74, 6) is 0.921. The Labute approximate surface area is 89.4 Å². The third-order valence-electron chi connectivity index (χ3n) is 1.73. The number of hydrogen-bond donors (Lipinski definition) is 2. The van der Waals surface area contributed by atoms with Crippen LogP contribution in [0.25, 0.3) is 0 Å². The van der Waals surface area contributed by atoms with Crippen molar-refractivity contribution < 1.29 is 0 Å². The van der Waals surface area contributed by atoms with Crippen molar-refractivity contribution in [2.24, 2.45) is 4.99 Å². The maximum atomic E-state index is 4.24. The molecule has 1 aromatic heterocycles. The van der Waals surface area contributed by atoms with E-state index < -0.39 is 0 Å². The molecule has 0 fully saturated rings. The van der Waals surface area contributed by atoms with Crippen LogP contribution in [0.1, 0.15) is 4.88 Å². The maximum absolute atomic E-state index is 4.24. The average Bonchev–Trinajstić information content (AvgIpc) is 2.71. The van der Waals surface area contributed by atoms with E-state index in [0.717, 1.165) is 25.6 Å². The molecule has 0 saturated heterocycles. The van der Waals surface area contributed by atoms with Crippen molar-refractivity contribution in [2.45, 2.75) is 6.54 Å². The Morgan fingerprint density at radius 3 is 3.15 bits per heavy atom. The van der Waals surface area contributed by atoms with Gasteiger partial charge in [-0.05, 0) is 28.1 Å². The molecular weight excluding hydrogens is 250 g/mol. The lowest BCUT2D eigenvalue weighted by Crippen LogP contribution is -2.32. The molecule has 0 radical (unpaired) electrons. The highest BCUT2D eigenvalue weighted by Crippen LogP contribution is 2.21. The van der Waals surface area contributed by atoms with E-state index >= 15 is 0 Å². The summed E-state index contributed by atoms with van der Waals surface area (Å²) < 4.78 is 1.17. The van der Waals surface area contributed by atoms with Gasteiger partial charge in [0.25, 0.3) is 0 Å². The Morgan fingerprint density at radius 1 is 1.62 bits per heavy atom. The number of hydrogen-bond acceptors (Lipinski definition) is 4. The van der Waals surface area contributed by atoms with Crippen molar-refractivity contribution in [2.75, 3.05) is 13.1 Å². The fourth-order valence-corrected chi connectivity index (χ4v) is 2.56. The van der Waals surface area contributed by atoms with Crippen molar-refractivity contribution in [3.05, 3.63) is 20.8 Å². The van der Waals surface area contributed by atoms with Gasteiger partial charge >= 0.3 is 0 Å². The van der Waals surface area contributed by atoms with Crippen molar-refractivity contribution in [1.82, 2.24) is 10.6 Å². The summed E-state index contributed by atoms with van der Waals surface area (Å²) in [6, 6.07) is 4.17. The Kier molecular flexibility index (Phi) is 2.85. The van der Waals surface area contributed by atoms with E-state index in [4.69, 9.17) is 0 Å². The number of rotatable bonds is 2. The number of aliphatic imine (C=N–C) groups is 1. The molecule has 2 rings (SSSR count). The van der Waals surface area contributed by atoms with Crippen molar-refractivity contribution >= 4 is 33.2 Å². The molecule has 0 aliphatic carbocycles. The second-order valence-electron chi connectivity index (χ2n) is 2.72. The minimum absolute atomic E-state index is 0.849. The summed E-state index contributed by atoms with van der Waals surface area (Å²) >= 11 is 5.17. The van der Waals surface area contributed by atoms with Gasteiger partial charge in [0.2, 0.25) is 0 Å². The third-order valence-corrected chi connectivity index (χ3v) is 3.36. The lowest BCUT2D eigenvalue weighted by Gasteiger charge is -2.03. The number of nitrogens with one attached hydrogen (secondary N) is 2. The normalized spacial score (nSPS) is 15.3. The van der Waals surface area contributed by atoms with Crippen LogP contribution in [-0.4, -0.2) is 19.0 Å². The van der Waals surface area contributed by atoms with Crippen LogP contribution < -0.4 is 10.6 Å². The topological polar surface area (TPSA) is 36.4 Å². The zero-order valence-electron chi connectivity index (χ0n) is 7.01. The first-order chi connectivity index (χ1) is 6.34. The molecule has 0 unspecified atom stereocenters. The van der Waals surface area contributed by atoms with Gasteiger partial charge in [0, 0.05) is 11.4 Å². The summed E-state index contributed by atoms with van der Waals surface area (Å²) in [5.41, 5.74) is 0. The molecule has 0 saturated carbocycles. The molecule has 1 aliphatic heterocycles. The third kappa shape index (κ3) is 2.45. The summed E-state index contributed by atoms with van der Waals surface area (Å²) in [6.07, 6.45) is 0. The Bertz CT molecular complexity index is 321. The molecule has 0 amide bonds. The van der Waals surface area contributed by atoms with Gasteiger partial charge in [-0.15, -0.1) is 11.3 Å². The van der Waals surface area contributed by atoms with Crippen LogP contribution in [0.2, 0.25) is 0 Å². The summed E-state index contributed by atoms with van der Waals surface area (Å²) in [7, 11) is 0. The molecule has 1 aromatic rings. The van der Waals surface area contributed by atoms with Crippen LogP contribution in [0.5, 0.6) is 0 Å². The summed E-state index contributed by atoms with van der Waals surface area (Å²) in [6.45, 7) is 2.69. The van der Waals surface area contributed by atoms with Crippen molar-refractivity contribution in [3.63, 3.8) is 0 Å². The number of guanidine groups is 1. The quantitative estimate of drug-likeness (QED) is 0.846. The molecule has 2 heterocycles. The summed E-state index contributed by atoms with van der Waals surface area (Å²) in [5, 5.41) is 6.41. The van der Waals surface area contributed by atoms with Gasteiger partial charge < -0.3 is 10.6 Å². The minimum atomic E-state index is 0.849. The molecule has 70 valence electrons. The fourth-order valence-electron chi connectivity index (χ4n) is 1.13. The van der Waals surface area contributed by atoms with E-state index in [0.29, 0.717) is 0 Å². The average molecular weight is 260 g/mol. The summed E-state index contributed by atoms with van der Waals surface area (Å²) in [4.78, 5) is 5.55. The van der Waals surface area contributed by atoms with Crippen LogP contribution in [0.3, 0.4) is 0 Å². The first kappa shape index (κ1) is 9.02. The van der Waals surface area contributed by atoms with Gasteiger partial charge in [-0.2, -0.15) is 0 Å². The van der Waals surface area contributed by atoms with E-state index in [-0.39, 0.29) is 0 Å². The predicted octanol–water partition coefficient (Wildman–Crippen LogP) is 1.56. The molecule has 2 N–H and O–H groups in total. The van der Waals surface area contributed by atoms with Gasteiger partial charge in [0.1, 0.15) is 0 Å². The van der Waals surface area contributed by atoms with Crippen LogP contribution in [0.15, 0.2) is 20.9 Å². The van der Waals surface area contributed by atoms with E-state index in [9.17, 15) is 0 Å². The Hall–Kier alpha value is -0.550. The molecule has 5 heteroatoms. The molecule has 3 nitrogen and oxygen atoms in total. The number of nitrogens with zero attached hydrogens (tertiary/aromatic N) is 1. The van der Waals surface area contributed by atoms with Crippen LogP contribution >= 0.6 is 27.3 Å². The minimum Gasteiger partial charge on any atom is -0.355 e. The van der Waals surface area contributed by atoms with Gasteiger partial charge in [0.05, 0.1) is 16.9 Å². The van der Waals surface area contributed by atoms with E-state index in [2.05, 4.69) is 43.7 Å². The van der Waals surface area contributed by atoms with Gasteiger partial charge in [-0.3, -0.25) is 4.99 Å². The molecule has 13 heavy (non-hydrogen) atoms. The van der Waals surface area contributed by atoms with Gasteiger partial charge in [0.15, 0.2) is 5.96 Å². The second kappa shape index (κ2) is 4.11. The lowest BCUT2D eigenvalue weighted by atomic mass is 10.5. The van der Waals surface area contributed by atoms with Crippen LogP contribution in [0, 0.1) is 0 Å².